The van der Waals surface area contributed by atoms with Crippen molar-refractivity contribution < 1.29 is 19.1 Å². The first-order chi connectivity index (χ1) is 12.8. The molecule has 0 bridgehead atoms. The minimum atomic E-state index is -0.578. The van der Waals surface area contributed by atoms with Crippen LogP contribution >= 0.6 is 0 Å². The summed E-state index contributed by atoms with van der Waals surface area (Å²) in [6.45, 7) is 11.7. The zero-order chi connectivity index (χ0) is 19.6. The van der Waals surface area contributed by atoms with Gasteiger partial charge in [-0.15, -0.1) is 0 Å². The van der Waals surface area contributed by atoms with Crippen LogP contribution in [0, 0.1) is 19.3 Å². The lowest BCUT2D eigenvalue weighted by Gasteiger charge is -2.46. The van der Waals surface area contributed by atoms with Crippen LogP contribution in [0.1, 0.15) is 24.5 Å². The highest BCUT2D eigenvalue weighted by Crippen LogP contribution is 2.41. The van der Waals surface area contributed by atoms with Crippen LogP contribution in [-0.2, 0) is 14.3 Å². The quantitative estimate of drug-likeness (QED) is 0.776. The van der Waals surface area contributed by atoms with Gasteiger partial charge in [-0.05, 0) is 44.9 Å². The highest BCUT2D eigenvalue weighted by Gasteiger charge is 2.50. The summed E-state index contributed by atoms with van der Waals surface area (Å²) in [7, 11) is 0. The zero-order valence-corrected chi connectivity index (χ0v) is 16.3. The van der Waals surface area contributed by atoms with Crippen LogP contribution in [0.15, 0.2) is 30.9 Å². The van der Waals surface area contributed by atoms with Crippen LogP contribution in [-0.4, -0.2) is 55.2 Å². The maximum Gasteiger partial charge on any atom is 0.260 e. The van der Waals surface area contributed by atoms with E-state index < -0.39 is 6.10 Å². The Morgan fingerprint density at radius 3 is 2.85 bits per heavy atom. The van der Waals surface area contributed by atoms with E-state index in [-0.39, 0.29) is 23.3 Å². The first kappa shape index (κ1) is 19.4. The molecular formula is C21H28N2O4. The number of rotatable bonds is 6. The third-order valence-electron chi connectivity index (χ3n) is 5.33. The molecule has 3 rings (SSSR count). The van der Waals surface area contributed by atoms with E-state index >= 15 is 0 Å². The van der Waals surface area contributed by atoms with Gasteiger partial charge in [0.1, 0.15) is 5.75 Å². The molecule has 2 atom stereocenters. The Balaban J connectivity index is 1.43. The number of ether oxygens (including phenoxy) is 2. The lowest BCUT2D eigenvalue weighted by Crippen LogP contribution is -2.58. The molecule has 0 radical (unpaired) electrons. The fraction of sp³-hybridized carbons (Fsp3) is 0.524. The summed E-state index contributed by atoms with van der Waals surface area (Å²) < 4.78 is 11.6. The van der Waals surface area contributed by atoms with Gasteiger partial charge in [-0.1, -0.05) is 24.3 Å². The van der Waals surface area contributed by atoms with Gasteiger partial charge in [0, 0.05) is 25.0 Å². The van der Waals surface area contributed by atoms with Gasteiger partial charge >= 0.3 is 0 Å². The summed E-state index contributed by atoms with van der Waals surface area (Å²) in [4.78, 5) is 25.7. The summed E-state index contributed by atoms with van der Waals surface area (Å²) in [5.41, 5.74) is 2.21. The summed E-state index contributed by atoms with van der Waals surface area (Å²) in [5.74, 6) is 0.534. The highest BCUT2D eigenvalue weighted by molar-refractivity contribution is 5.87. The number of carbonyl (C=O) groups excluding carboxylic acids is 2. The molecule has 0 aromatic heterocycles. The number of hydrogen-bond donors (Lipinski definition) is 1. The molecule has 2 amide bonds. The predicted molar refractivity (Wildman–Crippen MR) is 103 cm³/mol. The molecule has 6 nitrogen and oxygen atoms in total. The number of nitrogens with one attached hydrogen (secondary N) is 1. The average Bonchev–Trinajstić information content (AvgIpc) is 3.04. The number of nitrogens with zero attached hydrogens (tertiary/aromatic N) is 1. The second kappa shape index (κ2) is 7.72. The summed E-state index contributed by atoms with van der Waals surface area (Å²) >= 11 is 0. The molecule has 2 fully saturated rings. The molecule has 1 spiro atoms. The largest absolute Gasteiger partial charge is 0.481 e. The molecule has 27 heavy (non-hydrogen) atoms. The van der Waals surface area contributed by atoms with Crippen molar-refractivity contribution in [3.8, 4) is 5.75 Å². The van der Waals surface area contributed by atoms with Crippen molar-refractivity contribution >= 4 is 11.8 Å². The fourth-order valence-corrected chi connectivity index (χ4v) is 3.83. The van der Waals surface area contributed by atoms with Crippen molar-refractivity contribution in [2.24, 2.45) is 5.41 Å². The smallest absolute Gasteiger partial charge is 0.260 e. The van der Waals surface area contributed by atoms with Gasteiger partial charge in [0.05, 0.1) is 12.7 Å². The van der Waals surface area contributed by atoms with Gasteiger partial charge in [0.2, 0.25) is 5.91 Å². The Hall–Kier alpha value is -2.34. The third kappa shape index (κ3) is 4.33. The first-order valence-electron chi connectivity index (χ1n) is 9.36. The van der Waals surface area contributed by atoms with Crippen molar-refractivity contribution in [2.75, 3.05) is 26.2 Å². The van der Waals surface area contributed by atoms with Crippen molar-refractivity contribution in [3.05, 3.63) is 42.0 Å². The normalized spacial score (nSPS) is 21.4. The molecule has 2 aliphatic rings. The van der Waals surface area contributed by atoms with E-state index in [2.05, 4.69) is 11.9 Å². The summed E-state index contributed by atoms with van der Waals surface area (Å²) in [6.07, 6.45) is 1.59. The Labute approximate surface area is 160 Å². The Morgan fingerprint density at radius 2 is 2.19 bits per heavy atom. The topological polar surface area (TPSA) is 67.9 Å². The first-order valence-corrected chi connectivity index (χ1v) is 9.36. The molecule has 0 saturated carbocycles. The number of aryl methyl sites for hydroxylation is 2. The zero-order valence-electron chi connectivity index (χ0n) is 16.3. The van der Waals surface area contributed by atoms with Crippen LogP contribution in [0.25, 0.3) is 0 Å². The van der Waals surface area contributed by atoms with E-state index in [9.17, 15) is 9.59 Å². The molecule has 0 aliphatic carbocycles. The van der Waals surface area contributed by atoms with Gasteiger partial charge in [-0.25, -0.2) is 0 Å². The number of amides is 2. The van der Waals surface area contributed by atoms with Gasteiger partial charge in [-0.3, -0.25) is 9.59 Å². The second-order valence-electron chi connectivity index (χ2n) is 7.81. The molecule has 146 valence electrons. The van der Waals surface area contributed by atoms with Crippen LogP contribution in [0.4, 0.5) is 0 Å². The number of benzene rings is 1. The van der Waals surface area contributed by atoms with Crippen molar-refractivity contribution in [1.29, 1.82) is 0 Å². The summed E-state index contributed by atoms with van der Waals surface area (Å²) in [6, 6.07) is 5.90. The lowest BCUT2D eigenvalue weighted by molar-refractivity contribution is -0.137. The molecule has 6 heteroatoms. The number of likely N-dealkylation sites (tertiary alicyclic amines) is 1. The third-order valence-corrected chi connectivity index (χ3v) is 5.33. The number of carbonyl (C=O) groups is 2. The second-order valence-corrected chi connectivity index (χ2v) is 7.81. The molecule has 2 saturated heterocycles. The average molecular weight is 372 g/mol. The molecule has 1 aromatic carbocycles. The van der Waals surface area contributed by atoms with E-state index in [0.717, 1.165) is 23.3 Å². The molecule has 2 unspecified atom stereocenters. The summed E-state index contributed by atoms with van der Waals surface area (Å²) in [5, 5.41) is 2.92. The van der Waals surface area contributed by atoms with Crippen LogP contribution in [0.2, 0.25) is 0 Å². The minimum absolute atomic E-state index is 0.0248. The van der Waals surface area contributed by atoms with Crippen LogP contribution in [0.3, 0.4) is 0 Å². The van der Waals surface area contributed by atoms with Crippen molar-refractivity contribution in [2.45, 2.75) is 39.4 Å². The van der Waals surface area contributed by atoms with Crippen molar-refractivity contribution in [1.82, 2.24) is 10.2 Å². The molecule has 2 aliphatic heterocycles. The highest BCUT2D eigenvalue weighted by atomic mass is 16.5. The molecular weight excluding hydrogens is 344 g/mol. The van der Waals surface area contributed by atoms with Gasteiger partial charge in [0.15, 0.2) is 6.10 Å². The lowest BCUT2D eigenvalue weighted by atomic mass is 9.78. The van der Waals surface area contributed by atoms with Gasteiger partial charge in [-0.2, -0.15) is 0 Å². The monoisotopic (exact) mass is 372 g/mol. The molecule has 2 heterocycles. The van der Waals surface area contributed by atoms with Crippen LogP contribution < -0.4 is 10.1 Å². The number of hydrogen-bond acceptors (Lipinski definition) is 4. The van der Waals surface area contributed by atoms with Gasteiger partial charge < -0.3 is 19.7 Å². The maximum atomic E-state index is 12.4. The van der Waals surface area contributed by atoms with Crippen molar-refractivity contribution in [3.63, 3.8) is 0 Å². The fourth-order valence-electron chi connectivity index (χ4n) is 3.83. The minimum Gasteiger partial charge on any atom is -0.481 e. The van der Waals surface area contributed by atoms with Gasteiger partial charge in [0.25, 0.3) is 5.91 Å². The Kier molecular flexibility index (Phi) is 5.56. The standard InChI is InChI=1S/C21H28N2O4/c1-5-19(24)23-11-21(12-23)9-17(26-13-21)10-22-20(25)16(4)27-18-7-6-14(2)8-15(18)3/h5-8,16-17H,1,9-13H2,2-4H3,(H,22,25). The SMILES string of the molecule is C=CC(=O)N1CC2(COC(CNC(=O)C(C)Oc3ccc(C)cc3C)C2)C1. The molecule has 1 aromatic rings. The molecule has 1 N–H and O–H groups in total. The van der Waals surface area contributed by atoms with E-state index in [4.69, 9.17) is 9.47 Å². The van der Waals surface area contributed by atoms with E-state index in [1.54, 1.807) is 11.8 Å². The van der Waals surface area contributed by atoms with E-state index in [1.807, 2.05) is 32.0 Å². The maximum absolute atomic E-state index is 12.4. The Bertz CT molecular complexity index is 740. The van der Waals surface area contributed by atoms with Crippen LogP contribution in [0.5, 0.6) is 5.75 Å². The predicted octanol–water partition coefficient (Wildman–Crippen LogP) is 1.99. The Morgan fingerprint density at radius 1 is 1.44 bits per heavy atom. The van der Waals surface area contributed by atoms with E-state index in [1.165, 1.54) is 6.08 Å². The van der Waals surface area contributed by atoms with E-state index in [0.29, 0.717) is 26.2 Å².